The van der Waals surface area contributed by atoms with Crippen LogP contribution in [-0.2, 0) is 16.4 Å². The van der Waals surface area contributed by atoms with E-state index in [4.69, 9.17) is 0 Å². The lowest BCUT2D eigenvalue weighted by molar-refractivity contribution is 0.0943. The second-order valence-electron chi connectivity index (χ2n) is 7.55. The van der Waals surface area contributed by atoms with Crippen molar-refractivity contribution >= 4 is 26.6 Å². The summed E-state index contributed by atoms with van der Waals surface area (Å²) in [6, 6.07) is 18.6. The first-order chi connectivity index (χ1) is 14.8. The highest BCUT2D eigenvalue weighted by atomic mass is 32.2. The van der Waals surface area contributed by atoms with Crippen LogP contribution in [0.5, 0.6) is 5.75 Å². The average molecular weight is 435 g/mol. The number of H-pyrrole nitrogens is 1. The Hall–Kier alpha value is -3.58. The molecule has 0 aliphatic rings. The van der Waals surface area contributed by atoms with Gasteiger partial charge in [0.15, 0.2) is 0 Å². The molecule has 0 saturated heterocycles. The van der Waals surface area contributed by atoms with Crippen molar-refractivity contribution in [3.8, 4) is 5.75 Å². The van der Waals surface area contributed by atoms with Gasteiger partial charge in [0.2, 0.25) is 9.84 Å². The van der Waals surface area contributed by atoms with E-state index >= 15 is 0 Å². The predicted molar refractivity (Wildman–Crippen MR) is 119 cm³/mol. The topological polar surface area (TPSA) is 99.3 Å². The van der Waals surface area contributed by atoms with Crippen molar-refractivity contribution in [1.82, 2.24) is 10.3 Å². The van der Waals surface area contributed by atoms with Crippen LogP contribution in [0.1, 0.15) is 27.2 Å². The van der Waals surface area contributed by atoms with Crippen LogP contribution in [0.2, 0.25) is 0 Å². The fourth-order valence-corrected chi connectivity index (χ4v) is 5.50. The number of para-hydroxylation sites is 1. The SMILES string of the molecule is Cc1cc(C)cc(S(=O)(=O)c2c(C(=O)NCc3cccc(O)c3)[nH]c3ccccc23)c1. The zero-order valence-electron chi connectivity index (χ0n) is 17.1. The van der Waals surface area contributed by atoms with Crippen LogP contribution >= 0.6 is 0 Å². The van der Waals surface area contributed by atoms with Gasteiger partial charge in [0, 0.05) is 17.4 Å². The van der Waals surface area contributed by atoms with Gasteiger partial charge in [0.05, 0.1) is 4.90 Å². The number of aromatic hydroxyl groups is 1. The number of phenols is 1. The van der Waals surface area contributed by atoms with Gasteiger partial charge in [0.1, 0.15) is 16.3 Å². The molecule has 0 atom stereocenters. The lowest BCUT2D eigenvalue weighted by Crippen LogP contribution is -2.25. The van der Waals surface area contributed by atoms with Gasteiger partial charge in [-0.2, -0.15) is 0 Å². The molecule has 0 aliphatic carbocycles. The number of carbonyl (C=O) groups excluding carboxylic acids is 1. The summed E-state index contributed by atoms with van der Waals surface area (Å²) in [5.41, 5.74) is 2.90. The maximum absolute atomic E-state index is 13.6. The van der Waals surface area contributed by atoms with Crippen molar-refractivity contribution in [3.63, 3.8) is 0 Å². The number of hydrogen-bond acceptors (Lipinski definition) is 4. The average Bonchev–Trinajstić information content (AvgIpc) is 3.12. The monoisotopic (exact) mass is 434 g/mol. The van der Waals surface area contributed by atoms with E-state index in [1.807, 2.05) is 19.9 Å². The Morgan fingerprint density at radius 1 is 0.968 bits per heavy atom. The number of amides is 1. The molecule has 7 heteroatoms. The molecule has 1 heterocycles. The number of fused-ring (bicyclic) bond motifs is 1. The molecule has 0 saturated carbocycles. The first-order valence-electron chi connectivity index (χ1n) is 9.76. The van der Waals surface area contributed by atoms with Gasteiger partial charge in [-0.1, -0.05) is 36.4 Å². The summed E-state index contributed by atoms with van der Waals surface area (Å²) in [7, 11) is -3.96. The Morgan fingerprint density at radius 2 is 1.68 bits per heavy atom. The van der Waals surface area contributed by atoms with Crippen LogP contribution < -0.4 is 5.32 Å². The second kappa shape index (κ2) is 7.92. The number of nitrogens with one attached hydrogen (secondary N) is 2. The Balaban J connectivity index is 1.80. The lowest BCUT2D eigenvalue weighted by atomic mass is 10.2. The third-order valence-corrected chi connectivity index (χ3v) is 6.84. The smallest absolute Gasteiger partial charge is 0.269 e. The summed E-state index contributed by atoms with van der Waals surface area (Å²) in [4.78, 5) is 16.1. The fraction of sp³-hybridized carbons (Fsp3) is 0.125. The number of carbonyl (C=O) groups is 1. The van der Waals surface area contributed by atoms with Crippen LogP contribution in [0.25, 0.3) is 10.9 Å². The Morgan fingerprint density at radius 3 is 2.39 bits per heavy atom. The van der Waals surface area contributed by atoms with Crippen LogP contribution in [0.4, 0.5) is 0 Å². The molecule has 0 radical (unpaired) electrons. The van der Waals surface area contributed by atoms with E-state index in [0.717, 1.165) is 11.1 Å². The Kier molecular flexibility index (Phi) is 5.29. The van der Waals surface area contributed by atoms with E-state index in [1.165, 1.54) is 6.07 Å². The number of aromatic nitrogens is 1. The molecule has 0 bridgehead atoms. The van der Waals surface area contributed by atoms with Crippen molar-refractivity contribution in [2.75, 3.05) is 0 Å². The van der Waals surface area contributed by atoms with E-state index in [9.17, 15) is 18.3 Å². The fourth-order valence-electron chi connectivity index (χ4n) is 3.70. The third-order valence-electron chi connectivity index (χ3n) is 5.02. The molecule has 1 aromatic heterocycles. The summed E-state index contributed by atoms with van der Waals surface area (Å²) in [6.07, 6.45) is 0. The number of aromatic amines is 1. The van der Waals surface area contributed by atoms with E-state index in [2.05, 4.69) is 10.3 Å². The molecule has 4 rings (SSSR count). The van der Waals surface area contributed by atoms with Gasteiger partial charge in [-0.05, 0) is 60.9 Å². The van der Waals surface area contributed by atoms with Gasteiger partial charge in [0.25, 0.3) is 5.91 Å². The maximum Gasteiger partial charge on any atom is 0.269 e. The third kappa shape index (κ3) is 4.04. The van der Waals surface area contributed by atoms with Gasteiger partial charge < -0.3 is 15.4 Å². The zero-order chi connectivity index (χ0) is 22.2. The Labute approximate surface area is 180 Å². The minimum atomic E-state index is -3.96. The number of hydrogen-bond donors (Lipinski definition) is 3. The Bertz CT molecular complexity index is 1380. The van der Waals surface area contributed by atoms with Gasteiger partial charge in [-0.3, -0.25) is 4.79 Å². The minimum Gasteiger partial charge on any atom is -0.508 e. The molecule has 0 spiro atoms. The number of sulfone groups is 1. The van der Waals surface area contributed by atoms with Gasteiger partial charge in [-0.15, -0.1) is 0 Å². The summed E-state index contributed by atoms with van der Waals surface area (Å²) in [6.45, 7) is 3.82. The van der Waals surface area contributed by atoms with Gasteiger partial charge in [-0.25, -0.2) is 8.42 Å². The summed E-state index contributed by atoms with van der Waals surface area (Å²) >= 11 is 0. The number of benzene rings is 3. The minimum absolute atomic E-state index is 0.0134. The van der Waals surface area contributed by atoms with Crippen molar-refractivity contribution in [1.29, 1.82) is 0 Å². The number of aryl methyl sites for hydroxylation is 2. The molecule has 0 fully saturated rings. The standard InChI is InChI=1S/C24H22N2O4S/c1-15-10-16(2)12-19(11-15)31(29,30)23-20-8-3-4-9-21(20)26-22(23)24(28)25-14-17-6-5-7-18(27)13-17/h3-13,26-27H,14H2,1-2H3,(H,25,28). The molecule has 158 valence electrons. The van der Waals surface area contributed by atoms with Crippen LogP contribution in [0.3, 0.4) is 0 Å². The predicted octanol–water partition coefficient (Wildman–Crippen LogP) is 4.25. The molecule has 3 aromatic carbocycles. The highest BCUT2D eigenvalue weighted by molar-refractivity contribution is 7.91. The highest BCUT2D eigenvalue weighted by Crippen LogP contribution is 2.32. The largest absolute Gasteiger partial charge is 0.508 e. The normalized spacial score (nSPS) is 11.5. The lowest BCUT2D eigenvalue weighted by Gasteiger charge is -2.10. The van der Waals surface area contributed by atoms with Crippen LogP contribution in [-0.4, -0.2) is 24.4 Å². The van der Waals surface area contributed by atoms with Gasteiger partial charge >= 0.3 is 0 Å². The highest BCUT2D eigenvalue weighted by Gasteiger charge is 2.29. The molecule has 31 heavy (non-hydrogen) atoms. The first-order valence-corrected chi connectivity index (χ1v) is 11.2. The number of phenolic OH excluding ortho intramolecular Hbond substituents is 1. The molecule has 6 nitrogen and oxygen atoms in total. The zero-order valence-corrected chi connectivity index (χ0v) is 18.0. The first kappa shape index (κ1) is 20.7. The van der Waals surface area contributed by atoms with Crippen molar-refractivity contribution in [2.24, 2.45) is 0 Å². The quantitative estimate of drug-likeness (QED) is 0.437. The van der Waals surface area contributed by atoms with Crippen molar-refractivity contribution < 1.29 is 18.3 Å². The van der Waals surface area contributed by atoms with Crippen LogP contribution in [0.15, 0.2) is 76.5 Å². The van der Waals surface area contributed by atoms with E-state index in [-0.39, 0.29) is 27.8 Å². The molecule has 1 amide bonds. The summed E-state index contributed by atoms with van der Waals surface area (Å²) in [5.74, 6) is -0.446. The van der Waals surface area contributed by atoms with Crippen molar-refractivity contribution in [2.45, 2.75) is 30.2 Å². The van der Waals surface area contributed by atoms with E-state index < -0.39 is 15.7 Å². The van der Waals surface area contributed by atoms with Crippen LogP contribution in [0, 0.1) is 13.8 Å². The maximum atomic E-state index is 13.6. The summed E-state index contributed by atoms with van der Waals surface area (Å²) < 4.78 is 27.2. The molecule has 0 aliphatic heterocycles. The molecule has 0 unspecified atom stereocenters. The number of rotatable bonds is 5. The molecular weight excluding hydrogens is 412 g/mol. The summed E-state index contributed by atoms with van der Waals surface area (Å²) in [5, 5.41) is 12.8. The molecular formula is C24H22N2O4S. The molecule has 3 N–H and O–H groups in total. The molecule has 4 aromatic rings. The van der Waals surface area contributed by atoms with E-state index in [1.54, 1.807) is 54.6 Å². The second-order valence-corrected chi connectivity index (χ2v) is 9.44. The van der Waals surface area contributed by atoms with Crippen molar-refractivity contribution in [3.05, 3.63) is 89.1 Å². The van der Waals surface area contributed by atoms with E-state index in [0.29, 0.717) is 16.5 Å².